The Morgan fingerprint density at radius 2 is 1.79 bits per heavy atom. The second-order valence-corrected chi connectivity index (χ2v) is 7.49. The summed E-state index contributed by atoms with van der Waals surface area (Å²) in [5, 5.41) is 2.81. The molecular formula is C16H22N2O5S. The van der Waals surface area contributed by atoms with E-state index in [0.717, 1.165) is 25.7 Å². The molecule has 0 radical (unpaired) electrons. The summed E-state index contributed by atoms with van der Waals surface area (Å²) in [4.78, 5) is 23.1. The number of hydrogen-bond donors (Lipinski definition) is 2. The van der Waals surface area contributed by atoms with Gasteiger partial charge < -0.3 is 10.1 Å². The van der Waals surface area contributed by atoms with Gasteiger partial charge in [0.2, 0.25) is 15.9 Å². The van der Waals surface area contributed by atoms with Crippen molar-refractivity contribution < 1.29 is 22.7 Å². The fourth-order valence-electron chi connectivity index (χ4n) is 2.62. The molecule has 132 valence electrons. The lowest BCUT2D eigenvalue weighted by Gasteiger charge is -2.11. The predicted octanol–water partition coefficient (Wildman–Crippen LogP) is 1.66. The summed E-state index contributed by atoms with van der Waals surface area (Å²) in [5.74, 6) is -0.449. The van der Waals surface area contributed by atoms with Crippen molar-refractivity contribution in [1.29, 1.82) is 0 Å². The molecule has 0 aromatic heterocycles. The maximum atomic E-state index is 12.1. The lowest BCUT2D eigenvalue weighted by Crippen LogP contribution is -2.26. The van der Waals surface area contributed by atoms with Gasteiger partial charge in [-0.05, 0) is 37.1 Å². The summed E-state index contributed by atoms with van der Waals surface area (Å²) in [7, 11) is -2.45. The Kier molecular flexibility index (Phi) is 6.33. The first-order chi connectivity index (χ1) is 11.4. The van der Waals surface area contributed by atoms with Crippen LogP contribution < -0.4 is 10.0 Å². The first kappa shape index (κ1) is 18.4. The van der Waals surface area contributed by atoms with Crippen molar-refractivity contribution in [1.82, 2.24) is 4.72 Å². The van der Waals surface area contributed by atoms with E-state index in [1.807, 2.05) is 0 Å². The van der Waals surface area contributed by atoms with Crippen molar-refractivity contribution in [3.63, 3.8) is 0 Å². The number of ether oxygens (including phenoxy) is 1. The van der Waals surface area contributed by atoms with E-state index in [4.69, 9.17) is 0 Å². The number of sulfonamides is 1. The van der Waals surface area contributed by atoms with Crippen LogP contribution in [0.1, 0.15) is 32.1 Å². The van der Waals surface area contributed by atoms with Crippen LogP contribution in [0.5, 0.6) is 0 Å². The Labute approximate surface area is 141 Å². The number of carbonyl (C=O) groups is 2. The summed E-state index contributed by atoms with van der Waals surface area (Å²) in [6.45, 7) is -0.0326. The number of anilines is 1. The zero-order valence-corrected chi connectivity index (χ0v) is 14.4. The first-order valence-electron chi connectivity index (χ1n) is 7.90. The fourth-order valence-corrected chi connectivity index (χ4v) is 3.65. The van der Waals surface area contributed by atoms with Gasteiger partial charge >= 0.3 is 5.97 Å². The van der Waals surface area contributed by atoms with Gasteiger partial charge in [-0.2, -0.15) is 0 Å². The Hall–Kier alpha value is -1.93. The molecular weight excluding hydrogens is 332 g/mol. The Morgan fingerprint density at radius 1 is 1.17 bits per heavy atom. The molecule has 0 atom stereocenters. The van der Waals surface area contributed by atoms with E-state index in [2.05, 4.69) is 14.8 Å². The van der Waals surface area contributed by atoms with E-state index >= 15 is 0 Å². The van der Waals surface area contributed by atoms with Gasteiger partial charge in [0, 0.05) is 18.2 Å². The monoisotopic (exact) mass is 354 g/mol. The van der Waals surface area contributed by atoms with E-state index in [1.165, 1.54) is 19.2 Å². The summed E-state index contributed by atoms with van der Waals surface area (Å²) in [6.07, 6.45) is 3.93. The molecule has 0 saturated heterocycles. The zero-order valence-electron chi connectivity index (χ0n) is 13.6. The van der Waals surface area contributed by atoms with Gasteiger partial charge in [-0.3, -0.25) is 9.59 Å². The zero-order chi connectivity index (χ0) is 17.6. The van der Waals surface area contributed by atoms with Crippen LogP contribution in [0.3, 0.4) is 0 Å². The average molecular weight is 354 g/mol. The SMILES string of the molecule is COC(=O)CCNS(=O)(=O)c1ccc(NC(=O)C2CCCC2)cc1. The molecule has 1 aliphatic carbocycles. The van der Waals surface area contributed by atoms with Crippen molar-refractivity contribution in [3.8, 4) is 0 Å². The molecule has 0 spiro atoms. The minimum atomic E-state index is -3.70. The number of amides is 1. The second-order valence-electron chi connectivity index (χ2n) is 5.72. The van der Waals surface area contributed by atoms with Crippen LogP contribution in [0, 0.1) is 5.92 Å². The van der Waals surface area contributed by atoms with Crippen LogP contribution >= 0.6 is 0 Å². The highest BCUT2D eigenvalue weighted by molar-refractivity contribution is 7.89. The number of benzene rings is 1. The van der Waals surface area contributed by atoms with E-state index in [-0.39, 0.29) is 29.7 Å². The van der Waals surface area contributed by atoms with Gasteiger partial charge in [0.1, 0.15) is 0 Å². The van der Waals surface area contributed by atoms with Crippen molar-refractivity contribution in [3.05, 3.63) is 24.3 Å². The molecule has 0 bridgehead atoms. The number of hydrogen-bond acceptors (Lipinski definition) is 5. The molecule has 0 aliphatic heterocycles. The van der Waals surface area contributed by atoms with Crippen molar-refractivity contribution >= 4 is 27.6 Å². The fraction of sp³-hybridized carbons (Fsp3) is 0.500. The minimum absolute atomic E-state index is 0.0145. The van der Waals surface area contributed by atoms with Gasteiger partial charge in [0.05, 0.1) is 18.4 Å². The smallest absolute Gasteiger partial charge is 0.306 e. The van der Waals surface area contributed by atoms with Crippen LogP contribution in [0.2, 0.25) is 0 Å². The third kappa shape index (κ3) is 5.04. The standard InChI is InChI=1S/C16H22N2O5S/c1-23-15(19)10-11-17-24(21,22)14-8-6-13(7-9-14)18-16(20)12-4-2-3-5-12/h6-9,12,17H,2-5,10-11H2,1H3,(H,18,20). The number of methoxy groups -OCH3 is 1. The molecule has 2 rings (SSSR count). The van der Waals surface area contributed by atoms with Crippen LogP contribution in [-0.2, 0) is 24.3 Å². The lowest BCUT2D eigenvalue weighted by molar-refractivity contribution is -0.140. The number of esters is 1. The van der Waals surface area contributed by atoms with Gasteiger partial charge in [-0.25, -0.2) is 13.1 Å². The molecule has 0 heterocycles. The number of carbonyl (C=O) groups excluding carboxylic acids is 2. The molecule has 1 amide bonds. The molecule has 1 aromatic rings. The molecule has 1 aromatic carbocycles. The third-order valence-electron chi connectivity index (χ3n) is 4.01. The van der Waals surface area contributed by atoms with E-state index < -0.39 is 16.0 Å². The maximum absolute atomic E-state index is 12.1. The third-order valence-corrected chi connectivity index (χ3v) is 5.48. The van der Waals surface area contributed by atoms with E-state index in [1.54, 1.807) is 12.1 Å². The topological polar surface area (TPSA) is 102 Å². The lowest BCUT2D eigenvalue weighted by atomic mass is 10.1. The van der Waals surface area contributed by atoms with Crippen molar-refractivity contribution in [2.75, 3.05) is 19.0 Å². The van der Waals surface area contributed by atoms with Crippen LogP contribution in [0.25, 0.3) is 0 Å². The minimum Gasteiger partial charge on any atom is -0.469 e. The molecule has 1 saturated carbocycles. The summed E-state index contributed by atoms with van der Waals surface area (Å²) in [5.41, 5.74) is 0.570. The molecule has 7 nitrogen and oxygen atoms in total. The largest absolute Gasteiger partial charge is 0.469 e. The number of nitrogens with one attached hydrogen (secondary N) is 2. The summed E-state index contributed by atoms with van der Waals surface area (Å²) in [6, 6.07) is 5.96. The van der Waals surface area contributed by atoms with Gasteiger partial charge in [-0.15, -0.1) is 0 Å². The predicted molar refractivity (Wildman–Crippen MR) is 88.9 cm³/mol. The normalized spacial score (nSPS) is 15.2. The Balaban J connectivity index is 1.92. The number of rotatable bonds is 7. The molecule has 0 unspecified atom stereocenters. The highest BCUT2D eigenvalue weighted by Gasteiger charge is 2.22. The van der Waals surface area contributed by atoms with Gasteiger partial charge in [0.25, 0.3) is 0 Å². The second kappa shape index (κ2) is 8.25. The summed E-state index contributed by atoms with van der Waals surface area (Å²) < 4.78 is 31.0. The molecule has 2 N–H and O–H groups in total. The van der Waals surface area contributed by atoms with Crippen molar-refractivity contribution in [2.45, 2.75) is 37.0 Å². The summed E-state index contributed by atoms with van der Waals surface area (Å²) >= 11 is 0. The van der Waals surface area contributed by atoms with Gasteiger partial charge in [-0.1, -0.05) is 12.8 Å². The van der Waals surface area contributed by atoms with Gasteiger partial charge in [0.15, 0.2) is 0 Å². The van der Waals surface area contributed by atoms with Crippen LogP contribution in [-0.4, -0.2) is 33.9 Å². The maximum Gasteiger partial charge on any atom is 0.306 e. The molecule has 24 heavy (non-hydrogen) atoms. The molecule has 1 aliphatic rings. The van der Waals surface area contributed by atoms with E-state index in [0.29, 0.717) is 5.69 Å². The average Bonchev–Trinajstić information content (AvgIpc) is 3.09. The highest BCUT2D eigenvalue weighted by Crippen LogP contribution is 2.26. The van der Waals surface area contributed by atoms with E-state index in [9.17, 15) is 18.0 Å². The first-order valence-corrected chi connectivity index (χ1v) is 9.38. The molecule has 8 heteroatoms. The quantitative estimate of drug-likeness (QED) is 0.725. The van der Waals surface area contributed by atoms with Crippen LogP contribution in [0.4, 0.5) is 5.69 Å². The van der Waals surface area contributed by atoms with Crippen molar-refractivity contribution in [2.24, 2.45) is 5.92 Å². The molecule has 1 fully saturated rings. The van der Waals surface area contributed by atoms with Crippen LogP contribution in [0.15, 0.2) is 29.2 Å². The Bertz CT molecular complexity index is 679. The highest BCUT2D eigenvalue weighted by atomic mass is 32.2. The Morgan fingerprint density at radius 3 is 2.38 bits per heavy atom.